The maximum absolute atomic E-state index is 12.6. The highest BCUT2D eigenvalue weighted by molar-refractivity contribution is 7.71. The van der Waals surface area contributed by atoms with Crippen molar-refractivity contribution in [3.8, 4) is 22.9 Å². The van der Waals surface area contributed by atoms with Gasteiger partial charge in [0.05, 0.1) is 14.2 Å². The van der Waals surface area contributed by atoms with Crippen LogP contribution in [0, 0.1) is 4.77 Å². The summed E-state index contributed by atoms with van der Waals surface area (Å²) in [6.45, 7) is -0.257. The Labute approximate surface area is 177 Å². The molecule has 0 spiro atoms. The summed E-state index contributed by atoms with van der Waals surface area (Å²) in [7, 11) is 2.87. The number of nitrogens with zero attached hydrogens (tertiary/aromatic N) is 2. The third kappa shape index (κ3) is 5.23. The number of ether oxygens (including phenoxy) is 3. The first-order chi connectivity index (χ1) is 14.5. The molecule has 1 heterocycles. The van der Waals surface area contributed by atoms with Gasteiger partial charge in [0.25, 0.3) is 0 Å². The minimum absolute atomic E-state index is 0.0378. The number of hydrogen-bond acceptors (Lipinski definition) is 7. The molecule has 0 unspecified atom stereocenters. The highest BCUT2D eigenvalue weighted by atomic mass is 32.1. The van der Waals surface area contributed by atoms with E-state index in [0.717, 1.165) is 5.56 Å². The van der Waals surface area contributed by atoms with E-state index in [1.54, 1.807) is 48.1 Å². The van der Waals surface area contributed by atoms with E-state index in [9.17, 15) is 9.59 Å². The molecule has 0 aliphatic carbocycles. The van der Waals surface area contributed by atoms with Gasteiger partial charge in [-0.1, -0.05) is 6.07 Å². The summed E-state index contributed by atoms with van der Waals surface area (Å²) in [5.41, 5.74) is 1.30. The van der Waals surface area contributed by atoms with E-state index in [1.165, 1.54) is 7.11 Å². The second kappa shape index (κ2) is 9.70. The first-order valence-electron chi connectivity index (χ1n) is 8.89. The molecule has 0 saturated heterocycles. The lowest BCUT2D eigenvalue weighted by atomic mass is 10.2. The number of H-pyrrole nitrogens is 1. The quantitative estimate of drug-likeness (QED) is 0.420. The number of nitrogens with one attached hydrogen (secondary N) is 2. The number of aromatic nitrogens is 3. The van der Waals surface area contributed by atoms with Gasteiger partial charge in [0.1, 0.15) is 18.0 Å². The first kappa shape index (κ1) is 21.1. The molecule has 30 heavy (non-hydrogen) atoms. The number of amides is 1. The van der Waals surface area contributed by atoms with Crippen LogP contribution in [0.15, 0.2) is 48.5 Å². The number of benzene rings is 2. The maximum atomic E-state index is 12.6. The van der Waals surface area contributed by atoms with Crippen LogP contribution in [-0.4, -0.2) is 47.5 Å². The molecule has 10 heteroatoms. The zero-order chi connectivity index (χ0) is 21.5. The zero-order valence-electron chi connectivity index (χ0n) is 16.4. The van der Waals surface area contributed by atoms with Crippen LogP contribution in [0.4, 0.5) is 5.69 Å². The average Bonchev–Trinajstić information content (AvgIpc) is 3.12. The van der Waals surface area contributed by atoms with Crippen LogP contribution in [0.1, 0.15) is 0 Å². The van der Waals surface area contributed by atoms with Gasteiger partial charge in [-0.3, -0.25) is 14.5 Å². The molecule has 0 atom stereocenters. The van der Waals surface area contributed by atoms with Crippen LogP contribution in [0.25, 0.3) is 11.4 Å². The van der Waals surface area contributed by atoms with Crippen LogP contribution in [0.5, 0.6) is 11.5 Å². The molecule has 3 aromatic rings. The molecule has 3 rings (SSSR count). The van der Waals surface area contributed by atoms with E-state index in [0.29, 0.717) is 27.8 Å². The second-order valence-electron chi connectivity index (χ2n) is 6.11. The number of anilines is 1. The Morgan fingerprint density at radius 2 is 1.90 bits per heavy atom. The van der Waals surface area contributed by atoms with Crippen molar-refractivity contribution in [1.82, 2.24) is 14.8 Å². The van der Waals surface area contributed by atoms with Crippen molar-refractivity contribution < 1.29 is 23.8 Å². The number of carbonyl (C=O) groups excluding carboxylic acids is 2. The van der Waals surface area contributed by atoms with Gasteiger partial charge in [-0.05, 0) is 48.6 Å². The second-order valence-corrected chi connectivity index (χ2v) is 6.49. The Kier molecular flexibility index (Phi) is 6.81. The van der Waals surface area contributed by atoms with Crippen LogP contribution in [0.3, 0.4) is 0 Å². The van der Waals surface area contributed by atoms with Crippen molar-refractivity contribution in [3.05, 3.63) is 53.3 Å². The zero-order valence-corrected chi connectivity index (χ0v) is 17.2. The SMILES string of the molecule is COC(=O)COc1cccc(NC(=O)Cn2c(-c3ccc(OC)cc3)n[nH]c2=S)c1. The summed E-state index contributed by atoms with van der Waals surface area (Å²) in [4.78, 5) is 23.8. The fourth-order valence-corrected chi connectivity index (χ4v) is 2.83. The number of hydrogen-bond donors (Lipinski definition) is 2. The maximum Gasteiger partial charge on any atom is 0.343 e. The van der Waals surface area contributed by atoms with Crippen molar-refractivity contribution >= 4 is 29.8 Å². The largest absolute Gasteiger partial charge is 0.497 e. The fraction of sp³-hybridized carbons (Fsp3) is 0.200. The van der Waals surface area contributed by atoms with Gasteiger partial charge in [-0.2, -0.15) is 5.10 Å². The molecule has 0 fully saturated rings. The van der Waals surface area contributed by atoms with Crippen molar-refractivity contribution in [2.45, 2.75) is 6.54 Å². The highest BCUT2D eigenvalue weighted by Crippen LogP contribution is 2.21. The molecule has 1 amide bonds. The summed E-state index contributed by atoms with van der Waals surface area (Å²) in [6, 6.07) is 14.0. The summed E-state index contributed by atoms with van der Waals surface area (Å²) >= 11 is 5.27. The van der Waals surface area contributed by atoms with Gasteiger partial charge in [-0.15, -0.1) is 0 Å². The normalized spacial score (nSPS) is 10.3. The van der Waals surface area contributed by atoms with Crippen LogP contribution in [0.2, 0.25) is 0 Å². The van der Waals surface area contributed by atoms with Gasteiger partial charge >= 0.3 is 5.97 Å². The molecule has 0 radical (unpaired) electrons. The lowest BCUT2D eigenvalue weighted by Crippen LogP contribution is -2.19. The summed E-state index contributed by atoms with van der Waals surface area (Å²) in [5, 5.41) is 9.72. The minimum atomic E-state index is -0.496. The van der Waals surface area contributed by atoms with Gasteiger partial charge in [-0.25, -0.2) is 4.79 Å². The summed E-state index contributed by atoms with van der Waals surface area (Å²) in [6.07, 6.45) is 0. The molecule has 156 valence electrons. The van der Waals surface area contributed by atoms with Gasteiger partial charge in [0.2, 0.25) is 5.91 Å². The van der Waals surface area contributed by atoms with E-state index >= 15 is 0 Å². The van der Waals surface area contributed by atoms with Crippen molar-refractivity contribution in [3.63, 3.8) is 0 Å². The Morgan fingerprint density at radius 3 is 2.60 bits per heavy atom. The van der Waals surface area contributed by atoms with Crippen LogP contribution >= 0.6 is 12.2 Å². The van der Waals surface area contributed by atoms with E-state index in [-0.39, 0.29) is 19.1 Å². The van der Waals surface area contributed by atoms with Crippen LogP contribution in [-0.2, 0) is 20.9 Å². The van der Waals surface area contributed by atoms with E-state index in [1.807, 2.05) is 12.1 Å². The predicted octanol–water partition coefficient (Wildman–Crippen LogP) is 2.81. The van der Waals surface area contributed by atoms with Crippen molar-refractivity contribution in [1.29, 1.82) is 0 Å². The molecule has 0 aliphatic heterocycles. The molecular weight excluding hydrogens is 408 g/mol. The van der Waals surface area contributed by atoms with Gasteiger partial charge in [0.15, 0.2) is 17.2 Å². The summed E-state index contributed by atoms with van der Waals surface area (Å²) < 4.78 is 17.0. The molecule has 0 bridgehead atoms. The topological polar surface area (TPSA) is 107 Å². The molecule has 0 aliphatic rings. The van der Waals surface area contributed by atoms with Gasteiger partial charge < -0.3 is 19.5 Å². The average molecular weight is 428 g/mol. The molecule has 1 aromatic heterocycles. The van der Waals surface area contributed by atoms with E-state index in [2.05, 4.69) is 20.3 Å². The van der Waals surface area contributed by atoms with E-state index in [4.69, 9.17) is 21.7 Å². The number of carbonyl (C=O) groups is 2. The Balaban J connectivity index is 1.70. The standard InChI is InChI=1S/C20H20N4O5S/c1-27-15-8-6-13(7-9-15)19-22-23-20(30)24(19)11-17(25)21-14-4-3-5-16(10-14)29-12-18(26)28-2/h3-10H,11-12H2,1-2H3,(H,21,25)(H,23,30). The third-order valence-corrected chi connectivity index (χ3v) is 4.42. The smallest absolute Gasteiger partial charge is 0.343 e. The monoisotopic (exact) mass is 428 g/mol. The van der Waals surface area contributed by atoms with Gasteiger partial charge in [0, 0.05) is 17.3 Å². The molecule has 2 aromatic carbocycles. The fourth-order valence-electron chi connectivity index (χ4n) is 2.63. The third-order valence-electron chi connectivity index (χ3n) is 4.11. The Hall–Kier alpha value is -3.66. The van der Waals surface area contributed by atoms with Crippen molar-refractivity contribution in [2.75, 3.05) is 26.1 Å². The Bertz CT molecular complexity index is 1090. The summed E-state index contributed by atoms with van der Waals surface area (Å²) in [5.74, 6) is 0.883. The number of methoxy groups -OCH3 is 2. The molecule has 0 saturated carbocycles. The van der Waals surface area contributed by atoms with Crippen LogP contribution < -0.4 is 14.8 Å². The lowest BCUT2D eigenvalue weighted by molar-refractivity contribution is -0.142. The first-order valence-corrected chi connectivity index (χ1v) is 9.30. The Morgan fingerprint density at radius 1 is 1.13 bits per heavy atom. The number of esters is 1. The lowest BCUT2D eigenvalue weighted by Gasteiger charge is -2.10. The number of aromatic amines is 1. The molecule has 2 N–H and O–H groups in total. The highest BCUT2D eigenvalue weighted by Gasteiger charge is 2.13. The predicted molar refractivity (Wildman–Crippen MR) is 112 cm³/mol. The minimum Gasteiger partial charge on any atom is -0.497 e. The number of rotatable bonds is 8. The van der Waals surface area contributed by atoms with E-state index < -0.39 is 5.97 Å². The molecule has 9 nitrogen and oxygen atoms in total. The molecular formula is C20H20N4O5S. The van der Waals surface area contributed by atoms with Crippen molar-refractivity contribution in [2.24, 2.45) is 0 Å².